The summed E-state index contributed by atoms with van der Waals surface area (Å²) in [6.07, 6.45) is 3.73. The Kier molecular flexibility index (Phi) is 3.75. The van der Waals surface area contributed by atoms with Gasteiger partial charge in [-0.05, 0) is 44.2 Å². The molecule has 0 saturated heterocycles. The molecule has 0 aliphatic heterocycles. The molecule has 2 N–H and O–H groups in total. The first-order valence-corrected chi connectivity index (χ1v) is 7.73. The van der Waals surface area contributed by atoms with Gasteiger partial charge in [0.25, 0.3) is 0 Å². The van der Waals surface area contributed by atoms with E-state index in [2.05, 4.69) is 4.72 Å². The number of hydrogen-bond donors (Lipinski definition) is 2. The molecule has 0 atom stereocenters. The van der Waals surface area contributed by atoms with E-state index in [9.17, 15) is 13.5 Å². The lowest BCUT2D eigenvalue weighted by Crippen LogP contribution is -2.49. The maximum absolute atomic E-state index is 12.3. The largest absolute Gasteiger partial charge is 0.375 e. The molecule has 1 aromatic rings. The molecule has 100 valence electrons. The van der Waals surface area contributed by atoms with Crippen molar-refractivity contribution in [2.75, 3.05) is 0 Å². The molecule has 0 aromatic heterocycles. The van der Waals surface area contributed by atoms with Crippen molar-refractivity contribution in [3.63, 3.8) is 0 Å². The fourth-order valence-corrected chi connectivity index (χ4v) is 3.97. The molecular weight excluding hydrogens is 250 g/mol. The lowest BCUT2D eigenvalue weighted by atomic mass is 9.93. The minimum atomic E-state index is -3.65. The molecule has 1 aromatic carbocycles. The Morgan fingerprint density at radius 1 is 1.17 bits per heavy atom. The minimum Gasteiger partial charge on any atom is -0.375 e. The van der Waals surface area contributed by atoms with E-state index in [1.54, 1.807) is 31.2 Å². The molecule has 1 saturated carbocycles. The van der Waals surface area contributed by atoms with Gasteiger partial charge in [-0.1, -0.05) is 24.6 Å². The zero-order valence-corrected chi connectivity index (χ0v) is 11.3. The molecule has 2 rings (SSSR count). The van der Waals surface area contributed by atoms with Crippen LogP contribution in [0.25, 0.3) is 0 Å². The molecule has 0 heterocycles. The summed E-state index contributed by atoms with van der Waals surface area (Å²) in [7, 11) is -3.65. The standard InChI is InChI=1S/C13H19NO3S/c1-11-7-3-4-8-12(11)18(16,17)14-13(15)9-5-2-6-10-13/h3-4,7-8,14-15H,2,5-6,9-10H2,1H3. The molecule has 0 bridgehead atoms. The zero-order valence-electron chi connectivity index (χ0n) is 10.5. The summed E-state index contributed by atoms with van der Waals surface area (Å²) in [6, 6.07) is 6.79. The minimum absolute atomic E-state index is 0.240. The number of aryl methyl sites for hydroxylation is 1. The molecule has 4 nitrogen and oxygen atoms in total. The van der Waals surface area contributed by atoms with E-state index in [-0.39, 0.29) is 4.90 Å². The summed E-state index contributed by atoms with van der Waals surface area (Å²) >= 11 is 0. The van der Waals surface area contributed by atoms with Crippen LogP contribution in [0.4, 0.5) is 0 Å². The van der Waals surface area contributed by atoms with Gasteiger partial charge in [-0.3, -0.25) is 0 Å². The number of benzene rings is 1. The summed E-state index contributed by atoms with van der Waals surface area (Å²) in [6.45, 7) is 1.75. The highest BCUT2D eigenvalue weighted by Crippen LogP contribution is 2.28. The number of rotatable bonds is 3. The predicted octanol–water partition coefficient (Wildman–Crippen LogP) is 1.93. The highest BCUT2D eigenvalue weighted by atomic mass is 32.2. The van der Waals surface area contributed by atoms with Crippen molar-refractivity contribution in [1.29, 1.82) is 0 Å². The van der Waals surface area contributed by atoms with Gasteiger partial charge in [-0.25, -0.2) is 8.42 Å². The second-order valence-corrected chi connectivity index (χ2v) is 6.61. The van der Waals surface area contributed by atoms with Gasteiger partial charge in [0.15, 0.2) is 0 Å². The van der Waals surface area contributed by atoms with Crippen molar-refractivity contribution in [3.05, 3.63) is 29.8 Å². The van der Waals surface area contributed by atoms with Gasteiger partial charge in [0.2, 0.25) is 10.0 Å². The monoisotopic (exact) mass is 269 g/mol. The third kappa shape index (κ3) is 2.91. The number of sulfonamides is 1. The van der Waals surface area contributed by atoms with Crippen LogP contribution >= 0.6 is 0 Å². The topological polar surface area (TPSA) is 66.4 Å². The SMILES string of the molecule is Cc1ccccc1S(=O)(=O)NC1(O)CCCCC1. The van der Waals surface area contributed by atoms with Crippen molar-refractivity contribution in [2.45, 2.75) is 49.6 Å². The van der Waals surface area contributed by atoms with E-state index >= 15 is 0 Å². The number of aliphatic hydroxyl groups is 1. The maximum Gasteiger partial charge on any atom is 0.243 e. The lowest BCUT2D eigenvalue weighted by Gasteiger charge is -2.32. The van der Waals surface area contributed by atoms with Gasteiger partial charge < -0.3 is 5.11 Å². The Bertz CT molecular complexity index is 519. The fourth-order valence-electron chi connectivity index (χ4n) is 2.40. The Balaban J connectivity index is 2.25. The van der Waals surface area contributed by atoms with Crippen LogP contribution in [0, 0.1) is 6.92 Å². The average molecular weight is 269 g/mol. The van der Waals surface area contributed by atoms with Crippen LogP contribution < -0.4 is 4.72 Å². The van der Waals surface area contributed by atoms with Gasteiger partial charge in [0.05, 0.1) is 4.90 Å². The summed E-state index contributed by atoms with van der Waals surface area (Å²) in [5.41, 5.74) is -0.594. The molecule has 1 fully saturated rings. The number of hydrogen-bond acceptors (Lipinski definition) is 3. The van der Waals surface area contributed by atoms with Gasteiger partial charge >= 0.3 is 0 Å². The van der Waals surface area contributed by atoms with Crippen LogP contribution in [0.15, 0.2) is 29.2 Å². The maximum atomic E-state index is 12.3. The molecule has 0 amide bonds. The predicted molar refractivity (Wildman–Crippen MR) is 69.5 cm³/mol. The Morgan fingerprint density at radius 2 is 1.78 bits per heavy atom. The molecule has 1 aliphatic carbocycles. The quantitative estimate of drug-likeness (QED) is 0.824. The molecule has 18 heavy (non-hydrogen) atoms. The van der Waals surface area contributed by atoms with Crippen molar-refractivity contribution >= 4 is 10.0 Å². The van der Waals surface area contributed by atoms with Crippen molar-refractivity contribution in [3.8, 4) is 0 Å². The first-order chi connectivity index (χ1) is 8.43. The molecule has 0 spiro atoms. The second-order valence-electron chi connectivity index (χ2n) is 4.96. The van der Waals surface area contributed by atoms with Gasteiger partial charge in [0, 0.05) is 0 Å². The van der Waals surface area contributed by atoms with Crippen molar-refractivity contribution < 1.29 is 13.5 Å². The van der Waals surface area contributed by atoms with Crippen LogP contribution in [-0.4, -0.2) is 19.2 Å². The Hall–Kier alpha value is -0.910. The molecule has 5 heteroatoms. The van der Waals surface area contributed by atoms with Crippen LogP contribution in [0.3, 0.4) is 0 Å². The first-order valence-electron chi connectivity index (χ1n) is 6.25. The van der Waals surface area contributed by atoms with E-state index in [1.165, 1.54) is 0 Å². The van der Waals surface area contributed by atoms with E-state index in [0.29, 0.717) is 18.4 Å². The summed E-state index contributed by atoms with van der Waals surface area (Å²) < 4.78 is 27.0. The van der Waals surface area contributed by atoms with E-state index < -0.39 is 15.7 Å². The second kappa shape index (κ2) is 4.99. The van der Waals surface area contributed by atoms with E-state index in [1.807, 2.05) is 0 Å². The molecule has 1 aliphatic rings. The first kappa shape index (κ1) is 13.5. The zero-order chi connectivity index (χ0) is 13.2. The van der Waals surface area contributed by atoms with Crippen molar-refractivity contribution in [2.24, 2.45) is 0 Å². The molecule has 0 radical (unpaired) electrons. The third-order valence-electron chi connectivity index (χ3n) is 3.39. The Labute approximate surface area is 108 Å². The summed E-state index contributed by atoms with van der Waals surface area (Å²) in [4.78, 5) is 0.240. The van der Waals surface area contributed by atoms with E-state index in [4.69, 9.17) is 0 Å². The van der Waals surface area contributed by atoms with Gasteiger partial charge in [-0.2, -0.15) is 4.72 Å². The van der Waals surface area contributed by atoms with Crippen LogP contribution in [0.2, 0.25) is 0 Å². The summed E-state index contributed by atoms with van der Waals surface area (Å²) in [5.74, 6) is 0. The average Bonchev–Trinajstić information content (AvgIpc) is 2.28. The summed E-state index contributed by atoms with van der Waals surface area (Å²) in [5, 5.41) is 10.3. The highest BCUT2D eigenvalue weighted by molar-refractivity contribution is 7.89. The Morgan fingerprint density at radius 3 is 2.39 bits per heavy atom. The fraction of sp³-hybridized carbons (Fsp3) is 0.538. The lowest BCUT2D eigenvalue weighted by molar-refractivity contribution is -0.00642. The molecule has 0 unspecified atom stereocenters. The van der Waals surface area contributed by atoms with Crippen LogP contribution in [0.1, 0.15) is 37.7 Å². The number of nitrogens with one attached hydrogen (secondary N) is 1. The van der Waals surface area contributed by atoms with Crippen molar-refractivity contribution in [1.82, 2.24) is 4.72 Å². The highest BCUT2D eigenvalue weighted by Gasteiger charge is 2.34. The third-order valence-corrected chi connectivity index (χ3v) is 5.07. The van der Waals surface area contributed by atoms with Crippen LogP contribution in [-0.2, 0) is 10.0 Å². The normalized spacial score (nSPS) is 19.7. The van der Waals surface area contributed by atoms with Crippen LogP contribution in [0.5, 0.6) is 0 Å². The van der Waals surface area contributed by atoms with Gasteiger partial charge in [0.1, 0.15) is 5.72 Å². The van der Waals surface area contributed by atoms with Gasteiger partial charge in [-0.15, -0.1) is 0 Å². The van der Waals surface area contributed by atoms with E-state index in [0.717, 1.165) is 19.3 Å². The smallest absolute Gasteiger partial charge is 0.243 e. The molecular formula is C13H19NO3S.